The van der Waals surface area contributed by atoms with Crippen LogP contribution in [0.4, 0.5) is 4.39 Å². The van der Waals surface area contributed by atoms with Crippen LogP contribution in [0.3, 0.4) is 0 Å². The van der Waals surface area contributed by atoms with Crippen LogP contribution in [-0.2, 0) is 16.6 Å². The maximum atomic E-state index is 15.0. The molecule has 6 nitrogen and oxygen atoms in total. The van der Waals surface area contributed by atoms with Gasteiger partial charge in [-0.3, -0.25) is 0 Å². The number of aryl methyl sites for hydroxylation is 1. The van der Waals surface area contributed by atoms with Crippen LogP contribution in [0.25, 0.3) is 0 Å². The van der Waals surface area contributed by atoms with E-state index in [0.29, 0.717) is 3.97 Å². The SMILES string of the molecule is CCc1ccc(C(F)c2c(Cl)nc(C#N)n2S(=O)(=O)N(C)C)cc1. The summed E-state index contributed by atoms with van der Waals surface area (Å²) >= 11 is 5.94. The van der Waals surface area contributed by atoms with Crippen molar-refractivity contribution in [1.29, 1.82) is 5.26 Å². The highest BCUT2D eigenvalue weighted by Crippen LogP contribution is 2.33. The third-order valence-electron chi connectivity index (χ3n) is 3.54. The van der Waals surface area contributed by atoms with Crippen molar-refractivity contribution in [2.24, 2.45) is 0 Å². The fraction of sp³-hybridized carbons (Fsp3) is 0.333. The Hall–Kier alpha value is -1.95. The van der Waals surface area contributed by atoms with Crippen LogP contribution in [-0.4, -0.2) is 35.8 Å². The van der Waals surface area contributed by atoms with E-state index in [0.717, 1.165) is 16.3 Å². The van der Waals surface area contributed by atoms with Gasteiger partial charge in [0.1, 0.15) is 11.8 Å². The number of halogens is 2. The molecule has 1 atom stereocenters. The zero-order valence-electron chi connectivity index (χ0n) is 13.4. The van der Waals surface area contributed by atoms with Crippen molar-refractivity contribution in [3.8, 4) is 6.07 Å². The highest BCUT2D eigenvalue weighted by molar-refractivity contribution is 7.87. The molecule has 24 heavy (non-hydrogen) atoms. The van der Waals surface area contributed by atoms with Crippen LogP contribution < -0.4 is 0 Å². The molecule has 0 bridgehead atoms. The second-order valence-corrected chi connectivity index (χ2v) is 7.58. The zero-order valence-corrected chi connectivity index (χ0v) is 14.9. The van der Waals surface area contributed by atoms with E-state index in [2.05, 4.69) is 4.98 Å². The molecule has 9 heteroatoms. The smallest absolute Gasteiger partial charge is 0.235 e. The summed E-state index contributed by atoms with van der Waals surface area (Å²) in [5, 5.41) is 8.77. The third-order valence-corrected chi connectivity index (χ3v) is 5.57. The zero-order chi connectivity index (χ0) is 18.1. The van der Waals surface area contributed by atoms with Gasteiger partial charge in [-0.1, -0.05) is 42.8 Å². The van der Waals surface area contributed by atoms with Gasteiger partial charge in [0, 0.05) is 14.1 Å². The number of aromatic nitrogens is 2. The van der Waals surface area contributed by atoms with Crippen LogP contribution in [0.5, 0.6) is 0 Å². The third kappa shape index (κ3) is 3.15. The van der Waals surface area contributed by atoms with Crippen LogP contribution in [0.1, 0.15) is 35.7 Å². The van der Waals surface area contributed by atoms with E-state index in [-0.39, 0.29) is 16.4 Å². The van der Waals surface area contributed by atoms with E-state index >= 15 is 4.39 Å². The number of benzene rings is 1. The van der Waals surface area contributed by atoms with Gasteiger partial charge >= 0.3 is 10.2 Å². The first-order valence-corrected chi connectivity index (χ1v) is 8.85. The van der Waals surface area contributed by atoms with Gasteiger partial charge in [0.2, 0.25) is 5.82 Å². The molecule has 0 aliphatic heterocycles. The van der Waals surface area contributed by atoms with Crippen LogP contribution in [0, 0.1) is 11.3 Å². The molecule has 1 unspecified atom stereocenters. The molecule has 2 rings (SSSR count). The average molecular weight is 371 g/mol. The Morgan fingerprint density at radius 3 is 2.42 bits per heavy atom. The maximum absolute atomic E-state index is 15.0. The fourth-order valence-electron chi connectivity index (χ4n) is 2.15. The summed E-state index contributed by atoms with van der Waals surface area (Å²) < 4.78 is 41.4. The second-order valence-electron chi connectivity index (χ2n) is 5.24. The summed E-state index contributed by atoms with van der Waals surface area (Å²) in [5.74, 6) is -0.489. The number of rotatable bonds is 5. The molecule has 0 saturated carbocycles. The van der Waals surface area contributed by atoms with Crippen molar-refractivity contribution in [1.82, 2.24) is 13.3 Å². The molecule has 0 radical (unpaired) electrons. The maximum Gasteiger partial charge on any atom is 0.309 e. The molecule has 128 valence electrons. The summed E-state index contributed by atoms with van der Waals surface area (Å²) in [6.07, 6.45) is -1.04. The lowest BCUT2D eigenvalue weighted by Crippen LogP contribution is -2.31. The first-order chi connectivity index (χ1) is 11.2. The molecule has 0 aliphatic carbocycles. The van der Waals surface area contributed by atoms with Gasteiger partial charge in [-0.15, -0.1) is 0 Å². The minimum atomic E-state index is -4.15. The molecule has 1 aromatic carbocycles. The predicted octanol–water partition coefficient (Wildman–Crippen LogP) is 2.68. The largest absolute Gasteiger partial charge is 0.309 e. The minimum absolute atomic E-state index is 0.230. The van der Waals surface area contributed by atoms with Crippen molar-refractivity contribution in [2.45, 2.75) is 19.5 Å². The van der Waals surface area contributed by atoms with Gasteiger partial charge in [-0.05, 0) is 17.5 Å². The van der Waals surface area contributed by atoms with E-state index in [1.807, 2.05) is 6.92 Å². The van der Waals surface area contributed by atoms with Crippen molar-refractivity contribution < 1.29 is 12.8 Å². The summed E-state index contributed by atoms with van der Waals surface area (Å²) in [4.78, 5) is 3.68. The monoisotopic (exact) mass is 370 g/mol. The van der Waals surface area contributed by atoms with Crippen molar-refractivity contribution in [3.05, 3.63) is 52.1 Å². The highest BCUT2D eigenvalue weighted by Gasteiger charge is 2.32. The Balaban J connectivity index is 2.65. The summed E-state index contributed by atoms with van der Waals surface area (Å²) in [5.41, 5.74) is 0.865. The first kappa shape index (κ1) is 18.4. The van der Waals surface area contributed by atoms with E-state index < -0.39 is 22.2 Å². The molecule has 0 amide bonds. The Morgan fingerprint density at radius 2 is 1.96 bits per heavy atom. The summed E-state index contributed by atoms with van der Waals surface area (Å²) in [6.45, 7) is 1.97. The number of hydrogen-bond donors (Lipinski definition) is 0. The van der Waals surface area contributed by atoms with E-state index in [1.165, 1.54) is 14.1 Å². The Bertz CT molecular complexity index is 885. The molecule has 0 aliphatic rings. The number of alkyl halides is 1. The van der Waals surface area contributed by atoms with E-state index in [4.69, 9.17) is 16.9 Å². The molecule has 0 spiro atoms. The molecular weight excluding hydrogens is 355 g/mol. The molecule has 0 N–H and O–H groups in total. The second kappa shape index (κ2) is 6.89. The van der Waals surface area contributed by atoms with Gasteiger partial charge in [0.05, 0.1) is 0 Å². The summed E-state index contributed by atoms with van der Waals surface area (Å²) in [6, 6.07) is 8.26. The Labute approximate surface area is 145 Å². The number of nitriles is 1. The molecule has 1 heterocycles. The van der Waals surface area contributed by atoms with Crippen LogP contribution in [0.2, 0.25) is 5.15 Å². The quantitative estimate of drug-likeness (QED) is 0.810. The van der Waals surface area contributed by atoms with Gasteiger partial charge in [-0.25, -0.2) is 9.37 Å². The average Bonchev–Trinajstić information content (AvgIpc) is 2.91. The normalized spacial score (nSPS) is 13.0. The fourth-order valence-corrected chi connectivity index (χ4v) is 3.51. The Morgan fingerprint density at radius 1 is 1.38 bits per heavy atom. The number of hydrogen-bond acceptors (Lipinski definition) is 4. The lowest BCUT2D eigenvalue weighted by Gasteiger charge is -2.17. The minimum Gasteiger partial charge on any atom is -0.235 e. The lowest BCUT2D eigenvalue weighted by molar-refractivity contribution is 0.388. The van der Waals surface area contributed by atoms with Gasteiger partial charge < -0.3 is 0 Å². The first-order valence-electron chi connectivity index (χ1n) is 7.08. The van der Waals surface area contributed by atoms with Crippen LogP contribution >= 0.6 is 11.6 Å². The Kier molecular flexibility index (Phi) is 5.28. The summed E-state index contributed by atoms with van der Waals surface area (Å²) in [7, 11) is -1.60. The molecule has 2 aromatic rings. The van der Waals surface area contributed by atoms with E-state index in [1.54, 1.807) is 30.3 Å². The molecule has 0 fully saturated rings. The lowest BCUT2D eigenvalue weighted by atomic mass is 10.1. The predicted molar refractivity (Wildman–Crippen MR) is 88.7 cm³/mol. The topological polar surface area (TPSA) is 79.0 Å². The van der Waals surface area contributed by atoms with Crippen molar-refractivity contribution in [2.75, 3.05) is 14.1 Å². The van der Waals surface area contributed by atoms with Crippen molar-refractivity contribution >= 4 is 21.8 Å². The molecule has 0 saturated heterocycles. The molecule has 1 aromatic heterocycles. The van der Waals surface area contributed by atoms with Crippen molar-refractivity contribution in [3.63, 3.8) is 0 Å². The highest BCUT2D eigenvalue weighted by atomic mass is 35.5. The number of nitrogens with zero attached hydrogens (tertiary/aromatic N) is 4. The van der Waals surface area contributed by atoms with E-state index in [9.17, 15) is 8.42 Å². The van der Waals surface area contributed by atoms with Gasteiger partial charge in [0.25, 0.3) is 0 Å². The van der Waals surface area contributed by atoms with Crippen LogP contribution in [0.15, 0.2) is 24.3 Å². The number of imidazole rings is 1. The molecular formula is C15H16ClFN4O2S. The van der Waals surface area contributed by atoms with Gasteiger partial charge in [-0.2, -0.15) is 22.0 Å². The van der Waals surface area contributed by atoms with Gasteiger partial charge in [0.15, 0.2) is 11.3 Å². The standard InChI is InChI=1S/C15H16ClFN4O2S/c1-4-10-5-7-11(8-6-10)13(17)14-15(16)19-12(9-18)21(14)24(22,23)20(2)3/h5-8,13H,4H2,1-3H3.